The highest BCUT2D eigenvalue weighted by molar-refractivity contribution is 5.71. The fourth-order valence-corrected chi connectivity index (χ4v) is 1.42. The van der Waals surface area contributed by atoms with Crippen LogP contribution in [-0.4, -0.2) is 10.1 Å². The second kappa shape index (κ2) is 3.65. The van der Waals surface area contributed by atoms with Gasteiger partial charge in [-0.3, -0.25) is 0 Å². The van der Waals surface area contributed by atoms with Gasteiger partial charge in [0.25, 0.3) is 5.52 Å². The van der Waals surface area contributed by atoms with E-state index in [-0.39, 0.29) is 0 Å². The smallest absolute Gasteiger partial charge is 0.270 e. The molecule has 0 radical (unpaired) electrons. The zero-order valence-electron chi connectivity index (χ0n) is 8.47. The first-order valence-corrected chi connectivity index (χ1v) is 4.69. The third kappa shape index (κ3) is 1.79. The van der Waals surface area contributed by atoms with Crippen LogP contribution in [0.15, 0.2) is 30.9 Å². The second-order valence-corrected chi connectivity index (χ2v) is 3.39. The summed E-state index contributed by atoms with van der Waals surface area (Å²) in [4.78, 5) is 4.90. The minimum atomic E-state index is 0.494. The summed E-state index contributed by atoms with van der Waals surface area (Å²) in [6.07, 6.45) is 2.18. The predicted octanol–water partition coefficient (Wildman–Crippen LogP) is 1.30. The van der Waals surface area contributed by atoms with E-state index >= 15 is 0 Å². The van der Waals surface area contributed by atoms with Crippen LogP contribution in [0.3, 0.4) is 0 Å². The van der Waals surface area contributed by atoms with Crippen molar-refractivity contribution < 1.29 is 4.85 Å². The third-order valence-corrected chi connectivity index (χ3v) is 2.12. The molecule has 0 fully saturated rings. The van der Waals surface area contributed by atoms with Crippen LogP contribution in [0.4, 0.5) is 0 Å². The Labute approximate surface area is 87.5 Å². The molecule has 0 bridgehead atoms. The number of hydrogen-bond donors (Lipinski definition) is 0. The molecule has 0 unspecified atom stereocenters. The summed E-state index contributed by atoms with van der Waals surface area (Å²) in [6, 6.07) is 5.47. The van der Waals surface area contributed by atoms with Crippen molar-refractivity contribution in [3.63, 3.8) is 0 Å². The maximum Gasteiger partial charge on any atom is 0.270 e. The molecule has 0 amide bonds. The van der Waals surface area contributed by atoms with Crippen molar-refractivity contribution >= 4 is 11.0 Å². The Kier molecular flexibility index (Phi) is 2.33. The fraction of sp³-hybridized carbons (Fsp3) is 0.182. The molecule has 2 aromatic rings. The molecule has 0 N–H and O–H groups in total. The topological polar surface area (TPSA) is 52.7 Å². The quantitative estimate of drug-likeness (QED) is 0.418. The van der Waals surface area contributed by atoms with Gasteiger partial charge in [-0.2, -0.15) is 0 Å². The molecule has 0 saturated carbocycles. The first-order chi connectivity index (χ1) is 7.20. The van der Waals surface area contributed by atoms with Gasteiger partial charge in [0.05, 0.1) is 0 Å². The van der Waals surface area contributed by atoms with Gasteiger partial charge in [-0.25, -0.2) is 4.98 Å². The van der Waals surface area contributed by atoms with E-state index in [0.29, 0.717) is 28.1 Å². The number of aromatic nitrogens is 3. The highest BCUT2D eigenvalue weighted by Crippen LogP contribution is 2.09. The van der Waals surface area contributed by atoms with Crippen molar-refractivity contribution in [3.8, 4) is 0 Å². The van der Waals surface area contributed by atoms with Gasteiger partial charge in [0.2, 0.25) is 5.82 Å². The van der Waals surface area contributed by atoms with Gasteiger partial charge in [0.1, 0.15) is 5.52 Å². The van der Waals surface area contributed by atoms with Gasteiger partial charge in [-0.05, 0) is 23.4 Å². The van der Waals surface area contributed by atoms with E-state index in [0.717, 1.165) is 5.56 Å². The van der Waals surface area contributed by atoms with Gasteiger partial charge in [-0.1, -0.05) is 12.1 Å². The maximum absolute atomic E-state index is 11.5. The van der Waals surface area contributed by atoms with Crippen LogP contribution in [0.5, 0.6) is 0 Å². The molecule has 0 aliphatic carbocycles. The molecule has 1 heterocycles. The zero-order valence-corrected chi connectivity index (χ0v) is 8.47. The Morgan fingerprint density at radius 3 is 3.07 bits per heavy atom. The highest BCUT2D eigenvalue weighted by Gasteiger charge is 2.09. The van der Waals surface area contributed by atoms with Crippen LogP contribution in [-0.2, 0) is 6.42 Å². The van der Waals surface area contributed by atoms with Crippen molar-refractivity contribution in [2.24, 2.45) is 0 Å². The molecular formula is C11H11N3O. The van der Waals surface area contributed by atoms with Gasteiger partial charge in [0.15, 0.2) is 0 Å². The first kappa shape index (κ1) is 9.58. The summed E-state index contributed by atoms with van der Waals surface area (Å²) in [5, 5.41) is 15.3. The van der Waals surface area contributed by atoms with Crippen LogP contribution in [0.2, 0.25) is 0 Å². The number of aryl methyl sites for hydroxylation is 1. The minimum absolute atomic E-state index is 0.494. The molecule has 76 valence electrons. The van der Waals surface area contributed by atoms with Crippen molar-refractivity contribution in [1.82, 2.24) is 10.1 Å². The van der Waals surface area contributed by atoms with Crippen molar-refractivity contribution in [2.45, 2.75) is 13.3 Å². The number of hydrogen-bond acceptors (Lipinski definition) is 3. The SMILES string of the molecule is C=CCc1nc2cc(C)ccc2[n+]([O-])n1. The lowest BCUT2D eigenvalue weighted by Gasteiger charge is -2.01. The Bertz CT molecular complexity index is 522. The van der Waals surface area contributed by atoms with E-state index < -0.39 is 0 Å². The molecule has 2 rings (SSSR count). The first-order valence-electron chi connectivity index (χ1n) is 4.69. The van der Waals surface area contributed by atoms with Crippen molar-refractivity contribution in [1.29, 1.82) is 0 Å². The van der Waals surface area contributed by atoms with Crippen LogP contribution >= 0.6 is 0 Å². The van der Waals surface area contributed by atoms with Crippen LogP contribution < -0.4 is 4.85 Å². The number of benzene rings is 1. The van der Waals surface area contributed by atoms with Gasteiger partial charge >= 0.3 is 0 Å². The van der Waals surface area contributed by atoms with Gasteiger partial charge in [0, 0.05) is 17.6 Å². The van der Waals surface area contributed by atoms with E-state index in [1.165, 1.54) is 0 Å². The summed E-state index contributed by atoms with van der Waals surface area (Å²) in [5.41, 5.74) is 2.25. The van der Waals surface area contributed by atoms with Crippen LogP contribution in [0.25, 0.3) is 11.0 Å². The zero-order chi connectivity index (χ0) is 10.8. The standard InChI is InChI=1S/C11H11N3O/c1-3-4-11-12-9-7-8(2)5-6-10(9)14(15)13-11/h3,5-7H,1,4H2,2H3. The summed E-state index contributed by atoms with van der Waals surface area (Å²) in [6.45, 7) is 5.55. The number of nitrogens with zero attached hydrogens (tertiary/aromatic N) is 3. The molecule has 4 heteroatoms. The molecule has 0 saturated heterocycles. The lowest BCUT2D eigenvalue weighted by atomic mass is 10.2. The lowest BCUT2D eigenvalue weighted by molar-refractivity contribution is -0.644. The number of rotatable bonds is 2. The average Bonchev–Trinajstić information content (AvgIpc) is 2.17. The van der Waals surface area contributed by atoms with E-state index in [4.69, 9.17) is 0 Å². The van der Waals surface area contributed by atoms with Gasteiger partial charge in [-0.15, -0.1) is 6.58 Å². The predicted molar refractivity (Wildman–Crippen MR) is 57.1 cm³/mol. The average molecular weight is 201 g/mol. The molecule has 0 spiro atoms. The van der Waals surface area contributed by atoms with Crippen LogP contribution in [0, 0.1) is 12.1 Å². The molecule has 1 aromatic carbocycles. The molecule has 15 heavy (non-hydrogen) atoms. The van der Waals surface area contributed by atoms with E-state index in [1.54, 1.807) is 12.1 Å². The Hall–Kier alpha value is -1.97. The van der Waals surface area contributed by atoms with E-state index in [9.17, 15) is 5.21 Å². The maximum atomic E-state index is 11.5. The van der Waals surface area contributed by atoms with Crippen LogP contribution in [0.1, 0.15) is 11.4 Å². The van der Waals surface area contributed by atoms with Crippen molar-refractivity contribution in [2.75, 3.05) is 0 Å². The molecule has 0 aliphatic heterocycles. The van der Waals surface area contributed by atoms with E-state index in [2.05, 4.69) is 16.7 Å². The molecular weight excluding hydrogens is 190 g/mol. The number of fused-ring (bicyclic) bond motifs is 1. The summed E-state index contributed by atoms with van der Waals surface area (Å²) < 4.78 is 0. The minimum Gasteiger partial charge on any atom is -0.594 e. The fourth-order valence-electron chi connectivity index (χ4n) is 1.42. The monoisotopic (exact) mass is 201 g/mol. The largest absolute Gasteiger partial charge is 0.594 e. The normalized spacial score (nSPS) is 10.5. The second-order valence-electron chi connectivity index (χ2n) is 3.39. The Balaban J connectivity index is 2.67. The summed E-state index contributed by atoms with van der Waals surface area (Å²) in [7, 11) is 0. The third-order valence-electron chi connectivity index (χ3n) is 2.12. The van der Waals surface area contributed by atoms with Gasteiger partial charge < -0.3 is 5.21 Å². The summed E-state index contributed by atoms with van der Waals surface area (Å²) >= 11 is 0. The highest BCUT2D eigenvalue weighted by atomic mass is 16.5. The van der Waals surface area contributed by atoms with E-state index in [1.807, 2.05) is 19.1 Å². The molecule has 1 aromatic heterocycles. The number of allylic oxidation sites excluding steroid dienone is 1. The molecule has 4 nitrogen and oxygen atoms in total. The summed E-state index contributed by atoms with van der Waals surface area (Å²) in [5.74, 6) is 0.498. The Morgan fingerprint density at radius 2 is 2.33 bits per heavy atom. The van der Waals surface area contributed by atoms with Crippen molar-refractivity contribution in [3.05, 3.63) is 47.4 Å². The Morgan fingerprint density at radius 1 is 1.53 bits per heavy atom. The molecule has 0 aliphatic rings. The lowest BCUT2D eigenvalue weighted by Crippen LogP contribution is -2.33. The molecule has 0 atom stereocenters.